The highest BCUT2D eigenvalue weighted by Gasteiger charge is 2.24. The lowest BCUT2D eigenvalue weighted by atomic mass is 10.2. The molecule has 1 heterocycles. The number of methoxy groups -OCH3 is 1. The van der Waals surface area contributed by atoms with Gasteiger partial charge in [-0.2, -0.15) is 0 Å². The molecule has 1 aliphatic heterocycles. The van der Waals surface area contributed by atoms with Crippen LogP contribution in [0, 0.1) is 0 Å². The molecular formula is C11H9NO3S. The fourth-order valence-corrected chi connectivity index (χ4v) is 1.84. The van der Waals surface area contributed by atoms with Gasteiger partial charge in [-0.3, -0.25) is 9.59 Å². The molecule has 1 amide bonds. The van der Waals surface area contributed by atoms with Crippen LogP contribution >= 0.6 is 11.8 Å². The third-order valence-corrected chi connectivity index (χ3v) is 2.76. The summed E-state index contributed by atoms with van der Waals surface area (Å²) in [6.45, 7) is 0. The zero-order valence-electron chi connectivity index (χ0n) is 8.52. The fourth-order valence-electron chi connectivity index (χ4n) is 1.29. The number of carbonyl (C=O) groups is 2. The van der Waals surface area contributed by atoms with Crippen LogP contribution < -0.4 is 10.1 Å². The van der Waals surface area contributed by atoms with Crippen LogP contribution in [-0.4, -0.2) is 17.5 Å². The van der Waals surface area contributed by atoms with Crippen LogP contribution in [-0.2, 0) is 4.79 Å². The van der Waals surface area contributed by atoms with E-state index in [9.17, 15) is 9.59 Å². The van der Waals surface area contributed by atoms with Gasteiger partial charge in [0, 0.05) is 11.8 Å². The van der Waals surface area contributed by atoms with Crippen molar-refractivity contribution in [1.82, 2.24) is 5.32 Å². The lowest BCUT2D eigenvalue weighted by Gasteiger charge is -2.00. The highest BCUT2D eigenvalue weighted by atomic mass is 32.2. The van der Waals surface area contributed by atoms with E-state index in [1.807, 2.05) is 12.1 Å². The maximum atomic E-state index is 11.3. The molecule has 16 heavy (non-hydrogen) atoms. The molecule has 0 radical (unpaired) electrons. The summed E-state index contributed by atoms with van der Waals surface area (Å²) in [7, 11) is 1.59. The Morgan fingerprint density at radius 2 is 1.94 bits per heavy atom. The Hall–Kier alpha value is -1.75. The summed E-state index contributed by atoms with van der Waals surface area (Å²) < 4.78 is 5.02. The summed E-state index contributed by atoms with van der Waals surface area (Å²) in [6, 6.07) is 7.21. The molecule has 0 atom stereocenters. The summed E-state index contributed by atoms with van der Waals surface area (Å²) >= 11 is 0.674. The smallest absolute Gasteiger partial charge is 0.291 e. The van der Waals surface area contributed by atoms with Gasteiger partial charge in [-0.25, -0.2) is 0 Å². The molecule has 1 aromatic rings. The highest BCUT2D eigenvalue weighted by molar-refractivity contribution is 8.27. The first-order valence-corrected chi connectivity index (χ1v) is 5.39. The second kappa shape index (κ2) is 4.40. The van der Waals surface area contributed by atoms with Crippen molar-refractivity contribution < 1.29 is 14.3 Å². The minimum atomic E-state index is -0.329. The van der Waals surface area contributed by atoms with E-state index in [0.29, 0.717) is 17.5 Å². The molecule has 0 saturated carbocycles. The molecule has 0 unspecified atom stereocenters. The van der Waals surface area contributed by atoms with Crippen LogP contribution in [0.4, 0.5) is 4.79 Å². The van der Waals surface area contributed by atoms with Crippen LogP contribution in [0.2, 0.25) is 0 Å². The summed E-state index contributed by atoms with van der Waals surface area (Å²) in [5, 5.41) is 1.91. The number of thioether (sulfide) groups is 1. The first-order chi connectivity index (χ1) is 7.69. The summed E-state index contributed by atoms with van der Waals surface area (Å²) in [6.07, 6.45) is 1.64. The topological polar surface area (TPSA) is 55.4 Å². The number of benzene rings is 1. The van der Waals surface area contributed by atoms with E-state index in [0.717, 1.165) is 11.3 Å². The predicted molar refractivity (Wildman–Crippen MR) is 62.1 cm³/mol. The minimum Gasteiger partial charge on any atom is -0.497 e. The molecule has 4 nitrogen and oxygen atoms in total. The van der Waals surface area contributed by atoms with E-state index >= 15 is 0 Å². The number of hydrogen-bond donors (Lipinski definition) is 1. The van der Waals surface area contributed by atoms with Crippen LogP contribution in [0.3, 0.4) is 0 Å². The van der Waals surface area contributed by atoms with E-state index < -0.39 is 0 Å². The molecule has 5 heteroatoms. The molecule has 1 saturated heterocycles. The molecule has 2 rings (SSSR count). The average molecular weight is 235 g/mol. The largest absolute Gasteiger partial charge is 0.497 e. The van der Waals surface area contributed by atoms with E-state index in [-0.39, 0.29) is 10.4 Å². The monoisotopic (exact) mass is 235 g/mol. The lowest BCUT2D eigenvalue weighted by Crippen LogP contribution is -2.10. The zero-order valence-corrected chi connectivity index (χ0v) is 9.34. The Kier molecular flexibility index (Phi) is 2.96. The van der Waals surface area contributed by atoms with Gasteiger partial charge >= 0.3 is 0 Å². The Bertz CT molecular complexity index is 465. The van der Waals surface area contributed by atoms with Crippen LogP contribution in [0.5, 0.6) is 5.75 Å². The molecule has 82 valence electrons. The number of rotatable bonds is 2. The standard InChI is InChI=1S/C11H9NO3S/c1-15-8-4-2-7(3-5-8)6-9-10(13)16-11(14)12-9/h2-6H,1H3,(H,12,14)/b9-6-. The zero-order chi connectivity index (χ0) is 11.5. The van der Waals surface area contributed by atoms with Crippen molar-refractivity contribution in [2.45, 2.75) is 0 Å². The minimum absolute atomic E-state index is 0.249. The first-order valence-electron chi connectivity index (χ1n) is 4.58. The average Bonchev–Trinajstić information content (AvgIpc) is 2.59. The molecule has 1 fully saturated rings. The van der Waals surface area contributed by atoms with Crippen molar-refractivity contribution in [2.75, 3.05) is 7.11 Å². The Labute approximate surface area is 96.7 Å². The highest BCUT2D eigenvalue weighted by Crippen LogP contribution is 2.21. The van der Waals surface area contributed by atoms with Gasteiger partial charge < -0.3 is 10.1 Å². The SMILES string of the molecule is COc1ccc(/C=C2\NC(=O)SC2=O)cc1. The quantitative estimate of drug-likeness (QED) is 0.797. The van der Waals surface area contributed by atoms with Crippen LogP contribution in [0.25, 0.3) is 6.08 Å². The molecular weight excluding hydrogens is 226 g/mol. The number of ether oxygens (including phenoxy) is 1. The Morgan fingerprint density at radius 1 is 1.25 bits per heavy atom. The van der Waals surface area contributed by atoms with Gasteiger partial charge in [0.15, 0.2) is 0 Å². The summed E-state index contributed by atoms with van der Waals surface area (Å²) in [4.78, 5) is 22.2. The van der Waals surface area contributed by atoms with Gasteiger partial charge in [0.05, 0.1) is 12.8 Å². The van der Waals surface area contributed by atoms with E-state index in [1.165, 1.54) is 0 Å². The molecule has 0 bridgehead atoms. The van der Waals surface area contributed by atoms with Crippen molar-refractivity contribution >= 4 is 28.2 Å². The second-order valence-corrected chi connectivity index (χ2v) is 4.08. The normalized spacial score (nSPS) is 17.7. The third kappa shape index (κ3) is 2.25. The molecule has 1 aromatic carbocycles. The molecule has 1 aliphatic rings. The number of carbonyl (C=O) groups excluding carboxylic acids is 2. The first kappa shape index (κ1) is 10.8. The van der Waals surface area contributed by atoms with Crippen LogP contribution in [0.1, 0.15) is 5.56 Å². The molecule has 1 N–H and O–H groups in total. The van der Waals surface area contributed by atoms with Gasteiger partial charge in [0.1, 0.15) is 5.75 Å². The number of nitrogens with one attached hydrogen (secondary N) is 1. The molecule has 0 aliphatic carbocycles. The van der Waals surface area contributed by atoms with Gasteiger partial charge in [0.25, 0.3) is 5.24 Å². The van der Waals surface area contributed by atoms with E-state index in [1.54, 1.807) is 25.3 Å². The van der Waals surface area contributed by atoms with Crippen molar-refractivity contribution in [1.29, 1.82) is 0 Å². The molecule has 0 spiro atoms. The maximum Gasteiger partial charge on any atom is 0.291 e. The Morgan fingerprint density at radius 3 is 2.44 bits per heavy atom. The maximum absolute atomic E-state index is 11.3. The third-order valence-electron chi connectivity index (χ3n) is 2.07. The van der Waals surface area contributed by atoms with Crippen molar-refractivity contribution in [3.05, 3.63) is 35.5 Å². The second-order valence-electron chi connectivity index (χ2n) is 3.13. The number of amides is 1. The van der Waals surface area contributed by atoms with Crippen LogP contribution in [0.15, 0.2) is 30.0 Å². The van der Waals surface area contributed by atoms with Gasteiger partial charge in [0.2, 0.25) is 5.12 Å². The van der Waals surface area contributed by atoms with E-state index in [4.69, 9.17) is 4.74 Å². The molecule has 0 aromatic heterocycles. The predicted octanol–water partition coefficient (Wildman–Crippen LogP) is 2.02. The van der Waals surface area contributed by atoms with Gasteiger partial charge in [-0.1, -0.05) is 12.1 Å². The fraction of sp³-hybridized carbons (Fsp3) is 0.0909. The number of hydrogen-bond acceptors (Lipinski definition) is 4. The lowest BCUT2D eigenvalue weighted by molar-refractivity contribution is -0.107. The van der Waals surface area contributed by atoms with Gasteiger partial charge in [-0.05, 0) is 23.8 Å². The van der Waals surface area contributed by atoms with Crippen molar-refractivity contribution in [3.8, 4) is 5.75 Å². The summed E-state index contributed by atoms with van der Waals surface area (Å²) in [5.74, 6) is 0.748. The van der Waals surface area contributed by atoms with Crippen molar-refractivity contribution in [2.24, 2.45) is 0 Å². The summed E-state index contributed by atoms with van der Waals surface area (Å²) in [5.41, 5.74) is 1.16. The van der Waals surface area contributed by atoms with Crippen molar-refractivity contribution in [3.63, 3.8) is 0 Å². The van der Waals surface area contributed by atoms with E-state index in [2.05, 4.69) is 5.32 Å². The Balaban J connectivity index is 2.22. The van der Waals surface area contributed by atoms with Gasteiger partial charge in [-0.15, -0.1) is 0 Å².